The maximum Gasteiger partial charge on any atom is 0.0813 e. The number of benzene rings is 2. The number of nitrogens with zero attached hydrogens (tertiary/aromatic N) is 1. The van der Waals surface area contributed by atoms with E-state index in [9.17, 15) is 0 Å². The zero-order chi connectivity index (χ0) is 18.3. The van der Waals surface area contributed by atoms with E-state index >= 15 is 0 Å². The molecule has 3 rings (SSSR count). The lowest BCUT2D eigenvalue weighted by Gasteiger charge is -2.16. The summed E-state index contributed by atoms with van der Waals surface area (Å²) in [4.78, 5) is 4.38. The molecule has 1 aromatic heterocycles. The van der Waals surface area contributed by atoms with Crippen LogP contribution in [0.2, 0.25) is 35.2 Å². The van der Waals surface area contributed by atoms with Crippen molar-refractivity contribution in [2.24, 2.45) is 0 Å². The van der Waals surface area contributed by atoms with Crippen molar-refractivity contribution >= 4 is 81.2 Å². The second kappa shape index (κ2) is 7.70. The fourth-order valence-corrected chi connectivity index (χ4v) is 3.94. The first-order valence-corrected chi connectivity index (χ1v) is 9.39. The van der Waals surface area contributed by atoms with Gasteiger partial charge in [0.1, 0.15) is 0 Å². The normalized spacial score (nSPS) is 11.0. The molecule has 0 aliphatic carbocycles. The summed E-state index contributed by atoms with van der Waals surface area (Å²) in [6, 6.07) is 8.14. The predicted octanol–water partition coefficient (Wildman–Crippen LogP) is 8.99. The molecule has 1 nitrogen and oxygen atoms in total. The van der Waals surface area contributed by atoms with E-state index in [4.69, 9.17) is 81.2 Å². The number of pyridine rings is 1. The van der Waals surface area contributed by atoms with Crippen LogP contribution in [0.25, 0.3) is 22.4 Å². The molecule has 0 amide bonds. The molecule has 0 saturated carbocycles. The summed E-state index contributed by atoms with van der Waals surface area (Å²) in [5, 5.41) is 2.37. The molecule has 0 atom stereocenters. The van der Waals surface area contributed by atoms with Gasteiger partial charge >= 0.3 is 0 Å². The Bertz CT molecular complexity index is 985. The maximum absolute atomic E-state index is 6.38. The fourth-order valence-electron chi connectivity index (χ4n) is 2.35. The van der Waals surface area contributed by atoms with Gasteiger partial charge in [0.05, 0.1) is 40.9 Å². The molecular formula is C17H6Cl7N. The van der Waals surface area contributed by atoms with E-state index in [1.165, 1.54) is 6.20 Å². The number of hydrogen-bond donors (Lipinski definition) is 0. The summed E-state index contributed by atoms with van der Waals surface area (Å²) >= 11 is 43.8. The Hall–Kier alpha value is -0.380. The molecule has 0 N–H and O–H groups in total. The molecule has 8 heteroatoms. The first-order valence-electron chi connectivity index (χ1n) is 6.74. The van der Waals surface area contributed by atoms with Crippen LogP contribution < -0.4 is 0 Å². The average Bonchev–Trinajstić information content (AvgIpc) is 2.57. The van der Waals surface area contributed by atoms with Crippen LogP contribution in [0.15, 0.2) is 36.5 Å². The molecule has 0 unspecified atom stereocenters. The first-order chi connectivity index (χ1) is 11.8. The van der Waals surface area contributed by atoms with Crippen molar-refractivity contribution in [1.29, 1.82) is 0 Å². The molecule has 3 aromatic rings. The minimum Gasteiger partial charge on any atom is -0.254 e. The van der Waals surface area contributed by atoms with Crippen LogP contribution in [-0.2, 0) is 0 Å². The average molecular weight is 472 g/mol. The van der Waals surface area contributed by atoms with Gasteiger partial charge in [-0.2, -0.15) is 0 Å². The molecule has 0 aliphatic rings. The van der Waals surface area contributed by atoms with E-state index < -0.39 is 0 Å². The SMILES string of the molecule is Clc1cnc(-c2c(Cl)ccc(Cl)c2Cl)c(-c2c(Cl)ccc(Cl)c2Cl)c1. The van der Waals surface area contributed by atoms with Gasteiger partial charge in [-0.3, -0.25) is 4.98 Å². The van der Waals surface area contributed by atoms with Gasteiger partial charge < -0.3 is 0 Å². The lowest BCUT2D eigenvalue weighted by atomic mass is 9.99. The predicted molar refractivity (Wildman–Crippen MR) is 110 cm³/mol. The monoisotopic (exact) mass is 469 g/mol. The third kappa shape index (κ3) is 3.70. The largest absolute Gasteiger partial charge is 0.254 e. The molecule has 0 aliphatic heterocycles. The Morgan fingerprint density at radius 2 is 1.08 bits per heavy atom. The summed E-state index contributed by atoms with van der Waals surface area (Å²) in [5.41, 5.74) is 1.91. The third-order valence-corrected chi connectivity index (χ3v) is 5.89. The Labute approximate surface area is 179 Å². The van der Waals surface area contributed by atoms with Crippen LogP contribution >= 0.6 is 81.2 Å². The van der Waals surface area contributed by atoms with Crippen molar-refractivity contribution in [1.82, 2.24) is 4.98 Å². The highest BCUT2D eigenvalue weighted by atomic mass is 35.5. The van der Waals surface area contributed by atoms with Gasteiger partial charge in [0, 0.05) is 22.9 Å². The molecule has 0 fully saturated rings. The lowest BCUT2D eigenvalue weighted by molar-refractivity contribution is 1.32. The van der Waals surface area contributed by atoms with Crippen molar-refractivity contribution in [3.63, 3.8) is 0 Å². The maximum atomic E-state index is 6.38. The first kappa shape index (κ1) is 19.4. The van der Waals surface area contributed by atoms with Crippen molar-refractivity contribution in [2.45, 2.75) is 0 Å². The standard InChI is InChI=1S/C17H6Cl7N/c18-7-5-8(13-9(19)1-3-11(21)15(13)23)17(25-6-7)14-10(20)2-4-12(22)16(14)24/h1-6H. The van der Waals surface area contributed by atoms with E-state index in [1.807, 2.05) is 0 Å². The van der Waals surface area contributed by atoms with E-state index in [-0.39, 0.29) is 10.0 Å². The van der Waals surface area contributed by atoms with Gasteiger partial charge in [-0.1, -0.05) is 81.2 Å². The summed E-state index contributed by atoms with van der Waals surface area (Å²) in [5.74, 6) is 0. The second-order valence-corrected chi connectivity index (χ2v) is 7.81. The Balaban J connectivity index is 2.41. The lowest BCUT2D eigenvalue weighted by Crippen LogP contribution is -1.94. The van der Waals surface area contributed by atoms with Crippen LogP contribution in [0.1, 0.15) is 0 Å². The molecular weight excluding hydrogens is 466 g/mol. The quantitative estimate of drug-likeness (QED) is 0.339. The van der Waals surface area contributed by atoms with Crippen LogP contribution in [-0.4, -0.2) is 4.98 Å². The molecule has 0 spiro atoms. The summed E-state index contributed by atoms with van der Waals surface area (Å²) in [7, 11) is 0. The van der Waals surface area contributed by atoms with Gasteiger partial charge in [-0.05, 0) is 30.3 Å². The van der Waals surface area contributed by atoms with Gasteiger partial charge in [-0.15, -0.1) is 0 Å². The van der Waals surface area contributed by atoms with E-state index in [0.717, 1.165) is 0 Å². The number of halogens is 7. The number of rotatable bonds is 2. The second-order valence-electron chi connectivity index (χ2n) is 4.99. The number of hydrogen-bond acceptors (Lipinski definition) is 1. The van der Waals surface area contributed by atoms with Gasteiger partial charge in [-0.25, -0.2) is 0 Å². The number of aromatic nitrogens is 1. The third-order valence-electron chi connectivity index (χ3n) is 3.45. The van der Waals surface area contributed by atoms with Gasteiger partial charge in [0.15, 0.2) is 0 Å². The van der Waals surface area contributed by atoms with E-state index in [0.29, 0.717) is 47.5 Å². The van der Waals surface area contributed by atoms with Gasteiger partial charge in [0.25, 0.3) is 0 Å². The Morgan fingerprint density at radius 3 is 1.68 bits per heavy atom. The summed E-state index contributed by atoms with van der Waals surface area (Å²) in [6.07, 6.45) is 1.47. The van der Waals surface area contributed by atoms with Gasteiger partial charge in [0.2, 0.25) is 0 Å². The topological polar surface area (TPSA) is 12.9 Å². The highest BCUT2D eigenvalue weighted by molar-refractivity contribution is 6.47. The zero-order valence-electron chi connectivity index (χ0n) is 12.1. The van der Waals surface area contributed by atoms with Crippen molar-refractivity contribution < 1.29 is 0 Å². The van der Waals surface area contributed by atoms with Crippen LogP contribution in [0.5, 0.6) is 0 Å². The van der Waals surface area contributed by atoms with Crippen molar-refractivity contribution in [3.8, 4) is 22.4 Å². The molecule has 0 bridgehead atoms. The zero-order valence-corrected chi connectivity index (χ0v) is 17.3. The van der Waals surface area contributed by atoms with Crippen LogP contribution in [0, 0.1) is 0 Å². The van der Waals surface area contributed by atoms with Crippen LogP contribution in [0.4, 0.5) is 0 Å². The Kier molecular flexibility index (Phi) is 5.97. The van der Waals surface area contributed by atoms with Crippen LogP contribution in [0.3, 0.4) is 0 Å². The highest BCUT2D eigenvalue weighted by Gasteiger charge is 2.22. The minimum absolute atomic E-state index is 0.263. The smallest absolute Gasteiger partial charge is 0.0813 e. The van der Waals surface area contributed by atoms with Crippen molar-refractivity contribution in [3.05, 3.63) is 71.7 Å². The summed E-state index contributed by atoms with van der Waals surface area (Å²) in [6.45, 7) is 0. The van der Waals surface area contributed by atoms with Crippen molar-refractivity contribution in [2.75, 3.05) is 0 Å². The molecule has 128 valence electrons. The van der Waals surface area contributed by atoms with E-state index in [1.54, 1.807) is 30.3 Å². The molecule has 0 saturated heterocycles. The molecule has 1 heterocycles. The fraction of sp³-hybridized carbons (Fsp3) is 0. The van der Waals surface area contributed by atoms with E-state index in [2.05, 4.69) is 4.98 Å². The minimum atomic E-state index is 0.263. The molecule has 2 aromatic carbocycles. The Morgan fingerprint density at radius 1 is 0.600 bits per heavy atom. The highest BCUT2D eigenvalue weighted by Crippen LogP contribution is 2.47. The molecule has 25 heavy (non-hydrogen) atoms. The molecule has 0 radical (unpaired) electrons. The summed E-state index contributed by atoms with van der Waals surface area (Å²) < 4.78 is 0.